The Bertz CT molecular complexity index is 1770. The molecule has 5 aromatic rings. The van der Waals surface area contributed by atoms with Crippen LogP contribution in [0.3, 0.4) is 0 Å². The number of nitro benzene ring substituents is 1. The molecule has 2 N–H and O–H groups in total. The van der Waals surface area contributed by atoms with Crippen molar-refractivity contribution in [2.24, 2.45) is 0 Å². The van der Waals surface area contributed by atoms with Crippen LogP contribution >= 0.6 is 46.3 Å². The van der Waals surface area contributed by atoms with Crippen molar-refractivity contribution in [1.82, 2.24) is 4.98 Å². The molecule has 42 heavy (non-hydrogen) atoms. The van der Waals surface area contributed by atoms with Gasteiger partial charge in [-0.1, -0.05) is 59.6 Å². The average molecular weight is 636 g/mol. The first-order chi connectivity index (χ1) is 20.3. The van der Waals surface area contributed by atoms with Crippen LogP contribution in [0.1, 0.15) is 21.2 Å². The Labute approximate surface area is 258 Å². The molecule has 1 atom stereocenters. The molecule has 0 aliphatic heterocycles. The van der Waals surface area contributed by atoms with Crippen LogP contribution in [0.25, 0.3) is 11.3 Å². The van der Waals surface area contributed by atoms with Gasteiger partial charge < -0.3 is 10.6 Å². The fraction of sp³-hybridized carbons (Fsp3) is 0.0333. The summed E-state index contributed by atoms with van der Waals surface area (Å²) in [4.78, 5) is 41.9. The third kappa shape index (κ3) is 7.15. The van der Waals surface area contributed by atoms with Crippen molar-refractivity contribution in [1.29, 1.82) is 0 Å². The van der Waals surface area contributed by atoms with E-state index in [0.717, 1.165) is 10.5 Å². The van der Waals surface area contributed by atoms with Gasteiger partial charge in [-0.3, -0.25) is 19.7 Å². The van der Waals surface area contributed by atoms with Crippen molar-refractivity contribution in [2.75, 3.05) is 10.6 Å². The van der Waals surface area contributed by atoms with Crippen LogP contribution in [0.4, 0.5) is 16.5 Å². The number of benzene rings is 4. The number of amides is 2. The average Bonchev–Trinajstić information content (AvgIpc) is 3.45. The molecule has 1 heterocycles. The molecule has 0 aliphatic rings. The summed E-state index contributed by atoms with van der Waals surface area (Å²) in [6.45, 7) is 0. The number of rotatable bonds is 9. The third-order valence-corrected chi connectivity index (χ3v) is 8.54. The molecule has 0 aliphatic carbocycles. The lowest BCUT2D eigenvalue weighted by Gasteiger charge is -2.16. The molecular formula is C30H20Cl2N4O4S2. The van der Waals surface area contributed by atoms with Gasteiger partial charge in [0, 0.05) is 44.2 Å². The summed E-state index contributed by atoms with van der Waals surface area (Å²) >= 11 is 15.0. The summed E-state index contributed by atoms with van der Waals surface area (Å²) in [5.41, 5.74) is 2.66. The first-order valence-electron chi connectivity index (χ1n) is 12.4. The maximum Gasteiger partial charge on any atom is 0.270 e. The van der Waals surface area contributed by atoms with E-state index < -0.39 is 16.1 Å². The van der Waals surface area contributed by atoms with Gasteiger partial charge in [0.05, 0.1) is 15.6 Å². The first-order valence-corrected chi connectivity index (χ1v) is 14.9. The minimum atomic E-state index is -0.594. The van der Waals surface area contributed by atoms with Crippen LogP contribution in [0.15, 0.2) is 107 Å². The third-order valence-electron chi connectivity index (χ3n) is 5.97. The lowest BCUT2D eigenvalue weighted by molar-refractivity contribution is -0.384. The molecule has 8 nitrogen and oxygen atoms in total. The van der Waals surface area contributed by atoms with Crippen LogP contribution in [0, 0.1) is 10.1 Å². The molecule has 210 valence electrons. The molecule has 1 aromatic heterocycles. The van der Waals surface area contributed by atoms with Crippen LogP contribution in [0.2, 0.25) is 10.0 Å². The number of nitrogens with zero attached hydrogens (tertiary/aromatic N) is 2. The number of thiazole rings is 1. The van der Waals surface area contributed by atoms with Gasteiger partial charge in [0.15, 0.2) is 5.13 Å². The number of nitrogens with one attached hydrogen (secondary N) is 2. The van der Waals surface area contributed by atoms with E-state index in [9.17, 15) is 19.7 Å². The Morgan fingerprint density at radius 3 is 2.38 bits per heavy atom. The van der Waals surface area contributed by atoms with Crippen molar-refractivity contribution in [3.05, 3.63) is 134 Å². The number of carbonyl (C=O) groups is 2. The van der Waals surface area contributed by atoms with E-state index in [0.29, 0.717) is 32.1 Å². The van der Waals surface area contributed by atoms with Crippen molar-refractivity contribution in [3.8, 4) is 11.3 Å². The molecule has 0 spiro atoms. The van der Waals surface area contributed by atoms with Gasteiger partial charge in [0.25, 0.3) is 11.6 Å². The minimum absolute atomic E-state index is 0.164. The Morgan fingerprint density at radius 1 is 0.905 bits per heavy atom. The number of anilines is 2. The minimum Gasteiger partial charge on any atom is -0.322 e. The van der Waals surface area contributed by atoms with E-state index >= 15 is 0 Å². The number of carbonyl (C=O) groups excluding carboxylic acids is 2. The maximum atomic E-state index is 13.5. The van der Waals surface area contributed by atoms with Gasteiger partial charge >= 0.3 is 0 Å². The smallest absolute Gasteiger partial charge is 0.270 e. The zero-order valence-corrected chi connectivity index (χ0v) is 24.6. The Kier molecular flexibility index (Phi) is 9.19. The summed E-state index contributed by atoms with van der Waals surface area (Å²) in [7, 11) is 0. The van der Waals surface area contributed by atoms with E-state index in [-0.39, 0.29) is 17.2 Å². The highest BCUT2D eigenvalue weighted by Crippen LogP contribution is 2.38. The van der Waals surface area contributed by atoms with Crippen molar-refractivity contribution in [2.45, 2.75) is 10.1 Å². The fourth-order valence-corrected chi connectivity index (χ4v) is 6.18. The number of hydrogen-bond acceptors (Lipinski definition) is 7. The van der Waals surface area contributed by atoms with Crippen LogP contribution in [-0.4, -0.2) is 21.7 Å². The summed E-state index contributed by atoms with van der Waals surface area (Å²) in [5.74, 6) is -0.722. The van der Waals surface area contributed by atoms with E-state index in [2.05, 4.69) is 15.6 Å². The van der Waals surface area contributed by atoms with E-state index in [1.54, 1.807) is 42.5 Å². The topological polar surface area (TPSA) is 114 Å². The molecule has 1 unspecified atom stereocenters. The molecule has 0 saturated carbocycles. The number of nitro groups is 1. The SMILES string of the molecule is O=C(Nc1ccc(SC(C(=O)Nc2nc(-c3ccc(Cl)cc3Cl)cs2)c2ccccc2)cc1)c1cccc([N+](=O)[O-])c1. The van der Waals surface area contributed by atoms with Gasteiger partial charge in [-0.15, -0.1) is 23.1 Å². The van der Waals surface area contributed by atoms with Gasteiger partial charge in [-0.25, -0.2) is 4.98 Å². The number of aromatic nitrogens is 1. The molecule has 12 heteroatoms. The number of halogens is 2. The van der Waals surface area contributed by atoms with Crippen molar-refractivity contribution >= 4 is 74.6 Å². The zero-order valence-electron chi connectivity index (χ0n) is 21.5. The monoisotopic (exact) mass is 634 g/mol. The summed E-state index contributed by atoms with van der Waals surface area (Å²) in [5, 5.41) is 19.3. The normalized spacial score (nSPS) is 11.5. The van der Waals surface area contributed by atoms with Gasteiger partial charge in [-0.2, -0.15) is 0 Å². The van der Waals surface area contributed by atoms with Gasteiger partial charge in [0.1, 0.15) is 5.25 Å². The second-order valence-corrected chi connectivity index (χ2v) is 11.7. The molecule has 5 rings (SSSR count). The van der Waals surface area contributed by atoms with E-state index in [4.69, 9.17) is 23.2 Å². The highest BCUT2D eigenvalue weighted by Gasteiger charge is 2.23. The predicted molar refractivity (Wildman–Crippen MR) is 169 cm³/mol. The largest absolute Gasteiger partial charge is 0.322 e. The number of thioether (sulfide) groups is 1. The van der Waals surface area contributed by atoms with E-state index in [1.807, 2.05) is 35.7 Å². The van der Waals surface area contributed by atoms with E-state index in [1.165, 1.54) is 47.4 Å². The first kappa shape index (κ1) is 29.3. The fourth-order valence-electron chi connectivity index (χ4n) is 3.94. The Hall–Kier alpha value is -4.22. The molecule has 0 saturated heterocycles. The quantitative estimate of drug-likeness (QED) is 0.0951. The molecule has 2 amide bonds. The molecule has 0 bridgehead atoms. The lowest BCUT2D eigenvalue weighted by atomic mass is 10.1. The van der Waals surface area contributed by atoms with Gasteiger partial charge in [0.2, 0.25) is 5.91 Å². The molecule has 0 fully saturated rings. The van der Waals surface area contributed by atoms with Crippen LogP contribution in [0.5, 0.6) is 0 Å². The second-order valence-electron chi connectivity index (χ2n) is 8.85. The summed E-state index contributed by atoms with van der Waals surface area (Å²) in [6, 6.07) is 27.0. The predicted octanol–water partition coefficient (Wildman–Crippen LogP) is 8.75. The maximum absolute atomic E-state index is 13.5. The summed E-state index contributed by atoms with van der Waals surface area (Å²) < 4.78 is 0. The molecular weight excluding hydrogens is 615 g/mol. The van der Waals surface area contributed by atoms with Crippen LogP contribution < -0.4 is 10.6 Å². The highest BCUT2D eigenvalue weighted by atomic mass is 35.5. The summed E-state index contributed by atoms with van der Waals surface area (Å²) in [6.07, 6.45) is 0. The molecule has 0 radical (unpaired) electrons. The highest BCUT2D eigenvalue weighted by molar-refractivity contribution is 8.00. The number of hydrogen-bond donors (Lipinski definition) is 2. The standard InChI is InChI=1S/C30H20Cl2N4O4S2/c31-20-9-14-24(25(32)16-20)26-17-41-30(34-26)35-29(38)27(18-5-2-1-3-6-18)42-23-12-10-21(11-13-23)33-28(37)19-7-4-8-22(15-19)36(39)40/h1-17,27H,(H,33,37)(H,34,35,38). The lowest BCUT2D eigenvalue weighted by Crippen LogP contribution is -2.19. The van der Waals surface area contributed by atoms with Crippen molar-refractivity contribution < 1.29 is 14.5 Å². The van der Waals surface area contributed by atoms with Gasteiger partial charge in [-0.05, 0) is 54.1 Å². The molecule has 4 aromatic carbocycles. The number of non-ortho nitro benzene ring substituents is 1. The van der Waals surface area contributed by atoms with Crippen LogP contribution in [-0.2, 0) is 4.79 Å². The Morgan fingerprint density at radius 2 is 1.67 bits per heavy atom. The Balaban J connectivity index is 1.30. The zero-order chi connectivity index (χ0) is 29.6. The second kappa shape index (κ2) is 13.2. The van der Waals surface area contributed by atoms with Crippen molar-refractivity contribution in [3.63, 3.8) is 0 Å².